The summed E-state index contributed by atoms with van der Waals surface area (Å²) in [6.07, 6.45) is 1.79. The van der Waals surface area contributed by atoms with Crippen LogP contribution in [0.1, 0.15) is 5.69 Å². The third-order valence-electron chi connectivity index (χ3n) is 2.44. The smallest absolute Gasteiger partial charge is 0.238 e. The fourth-order valence-corrected chi connectivity index (χ4v) is 2.11. The summed E-state index contributed by atoms with van der Waals surface area (Å²) < 4.78 is 23.9. The molecular formula is C11H12N2O3S. The van der Waals surface area contributed by atoms with Gasteiger partial charge in [0, 0.05) is 17.6 Å². The van der Waals surface area contributed by atoms with Crippen molar-refractivity contribution in [2.75, 3.05) is 0 Å². The van der Waals surface area contributed by atoms with E-state index in [4.69, 9.17) is 10.2 Å². The highest BCUT2D eigenvalue weighted by Crippen LogP contribution is 2.15. The van der Waals surface area contributed by atoms with Crippen LogP contribution in [0.5, 0.6) is 0 Å². The van der Waals surface area contributed by atoms with Gasteiger partial charge in [-0.2, -0.15) is 0 Å². The van der Waals surface area contributed by atoms with Gasteiger partial charge in [0.15, 0.2) is 0 Å². The third-order valence-corrected chi connectivity index (χ3v) is 3.37. The number of rotatable bonds is 3. The first-order chi connectivity index (χ1) is 8.02. The van der Waals surface area contributed by atoms with Crippen molar-refractivity contribution in [3.05, 3.63) is 48.3 Å². The van der Waals surface area contributed by atoms with Gasteiger partial charge in [0.25, 0.3) is 0 Å². The van der Waals surface area contributed by atoms with Gasteiger partial charge in [-0.25, -0.2) is 13.6 Å². The fourth-order valence-electron chi connectivity index (χ4n) is 1.59. The SMILES string of the molecule is NS(=O)(=O)c1ccc(-n2cccc2CO)cc1. The van der Waals surface area contributed by atoms with Gasteiger partial charge >= 0.3 is 0 Å². The van der Waals surface area contributed by atoms with Crippen molar-refractivity contribution < 1.29 is 13.5 Å². The second kappa shape index (κ2) is 4.33. The van der Waals surface area contributed by atoms with Crippen molar-refractivity contribution in [3.8, 4) is 5.69 Å². The zero-order valence-corrected chi connectivity index (χ0v) is 9.76. The second-order valence-corrected chi connectivity index (χ2v) is 5.13. The number of aromatic nitrogens is 1. The van der Waals surface area contributed by atoms with Crippen LogP contribution in [-0.2, 0) is 16.6 Å². The molecular weight excluding hydrogens is 240 g/mol. The van der Waals surface area contributed by atoms with Crippen molar-refractivity contribution in [1.82, 2.24) is 4.57 Å². The van der Waals surface area contributed by atoms with E-state index < -0.39 is 10.0 Å². The minimum atomic E-state index is -3.66. The highest BCUT2D eigenvalue weighted by molar-refractivity contribution is 7.89. The molecule has 0 aliphatic rings. The number of nitrogens with zero attached hydrogens (tertiary/aromatic N) is 1. The molecule has 0 spiro atoms. The normalized spacial score (nSPS) is 11.6. The van der Waals surface area contributed by atoms with Gasteiger partial charge in [-0.15, -0.1) is 0 Å². The predicted molar refractivity (Wildman–Crippen MR) is 63.1 cm³/mol. The minimum absolute atomic E-state index is 0.0685. The van der Waals surface area contributed by atoms with Crippen molar-refractivity contribution in [1.29, 1.82) is 0 Å². The van der Waals surface area contributed by atoms with Crippen LogP contribution < -0.4 is 5.14 Å². The van der Waals surface area contributed by atoms with E-state index in [1.807, 2.05) is 0 Å². The minimum Gasteiger partial charge on any atom is -0.390 e. The Kier molecular flexibility index (Phi) is 3.01. The molecule has 0 fully saturated rings. The number of aliphatic hydroxyl groups excluding tert-OH is 1. The Morgan fingerprint density at radius 3 is 2.35 bits per heavy atom. The zero-order chi connectivity index (χ0) is 12.5. The number of hydrogen-bond donors (Lipinski definition) is 2. The van der Waals surface area contributed by atoms with E-state index >= 15 is 0 Å². The molecule has 6 heteroatoms. The molecule has 0 aliphatic carbocycles. The van der Waals surface area contributed by atoms with Crippen molar-refractivity contribution in [2.45, 2.75) is 11.5 Å². The Balaban J connectivity index is 2.43. The molecule has 1 aromatic heterocycles. The second-order valence-electron chi connectivity index (χ2n) is 3.57. The van der Waals surface area contributed by atoms with E-state index in [0.29, 0.717) is 0 Å². The number of aliphatic hydroxyl groups is 1. The van der Waals surface area contributed by atoms with Crippen LogP contribution in [0.15, 0.2) is 47.5 Å². The maximum atomic E-state index is 11.1. The average molecular weight is 252 g/mol. The van der Waals surface area contributed by atoms with Gasteiger partial charge in [0.05, 0.1) is 11.5 Å². The fraction of sp³-hybridized carbons (Fsp3) is 0.0909. The lowest BCUT2D eigenvalue weighted by Crippen LogP contribution is -2.12. The summed E-state index contributed by atoms with van der Waals surface area (Å²) in [4.78, 5) is 0.0685. The van der Waals surface area contributed by atoms with E-state index in [0.717, 1.165) is 11.4 Å². The largest absolute Gasteiger partial charge is 0.390 e. The molecule has 0 aliphatic heterocycles. The summed E-state index contributed by atoms with van der Waals surface area (Å²) in [5.41, 5.74) is 1.50. The summed E-state index contributed by atoms with van der Waals surface area (Å²) >= 11 is 0. The Morgan fingerprint density at radius 2 is 1.82 bits per heavy atom. The van der Waals surface area contributed by atoms with E-state index in [1.165, 1.54) is 12.1 Å². The molecule has 0 radical (unpaired) electrons. The molecule has 0 saturated carbocycles. The maximum Gasteiger partial charge on any atom is 0.238 e. The quantitative estimate of drug-likeness (QED) is 0.839. The number of sulfonamides is 1. The van der Waals surface area contributed by atoms with Crippen molar-refractivity contribution in [3.63, 3.8) is 0 Å². The molecule has 1 heterocycles. The Morgan fingerprint density at radius 1 is 1.18 bits per heavy atom. The number of nitrogens with two attached hydrogens (primary N) is 1. The van der Waals surface area contributed by atoms with Crippen LogP contribution in [0.3, 0.4) is 0 Å². The Bertz CT molecular complexity index is 614. The van der Waals surface area contributed by atoms with Gasteiger partial charge < -0.3 is 9.67 Å². The van der Waals surface area contributed by atoms with E-state index in [9.17, 15) is 8.42 Å². The van der Waals surface area contributed by atoms with Crippen LogP contribution in [0.4, 0.5) is 0 Å². The molecule has 90 valence electrons. The summed E-state index contributed by atoms with van der Waals surface area (Å²) in [5.74, 6) is 0. The third kappa shape index (κ3) is 2.38. The first-order valence-electron chi connectivity index (χ1n) is 4.93. The van der Waals surface area contributed by atoms with E-state index in [-0.39, 0.29) is 11.5 Å². The van der Waals surface area contributed by atoms with Crippen LogP contribution in [0, 0.1) is 0 Å². The molecule has 1 aromatic carbocycles. The van der Waals surface area contributed by atoms with Gasteiger partial charge in [-0.1, -0.05) is 0 Å². The molecule has 5 nitrogen and oxygen atoms in total. The van der Waals surface area contributed by atoms with Crippen LogP contribution >= 0.6 is 0 Å². The first-order valence-corrected chi connectivity index (χ1v) is 6.47. The Hall–Kier alpha value is -1.63. The predicted octanol–water partition coefficient (Wildman–Crippen LogP) is 0.617. The molecule has 0 atom stereocenters. The molecule has 2 rings (SSSR count). The molecule has 0 unspecified atom stereocenters. The van der Waals surface area contributed by atoms with Crippen LogP contribution in [0.2, 0.25) is 0 Å². The summed E-state index contributed by atoms with van der Waals surface area (Å²) in [7, 11) is -3.66. The standard InChI is InChI=1S/C11H12N2O3S/c12-17(15,16)11-5-3-9(4-6-11)13-7-1-2-10(13)8-14/h1-7,14H,8H2,(H2,12,15,16). The van der Waals surface area contributed by atoms with E-state index in [1.54, 1.807) is 35.0 Å². The maximum absolute atomic E-state index is 11.1. The van der Waals surface area contributed by atoms with Gasteiger partial charge in [0.1, 0.15) is 0 Å². The van der Waals surface area contributed by atoms with Crippen LogP contribution in [-0.4, -0.2) is 18.1 Å². The number of hydrogen-bond acceptors (Lipinski definition) is 3. The molecule has 0 amide bonds. The van der Waals surface area contributed by atoms with Gasteiger partial charge in [-0.05, 0) is 36.4 Å². The lowest BCUT2D eigenvalue weighted by molar-refractivity contribution is 0.274. The van der Waals surface area contributed by atoms with Crippen molar-refractivity contribution in [2.24, 2.45) is 5.14 Å². The molecule has 17 heavy (non-hydrogen) atoms. The molecule has 3 N–H and O–H groups in total. The number of benzene rings is 1. The first kappa shape index (κ1) is 11.8. The highest BCUT2D eigenvalue weighted by atomic mass is 32.2. The average Bonchev–Trinajstić information content (AvgIpc) is 2.76. The molecule has 0 saturated heterocycles. The van der Waals surface area contributed by atoms with Gasteiger partial charge in [0.2, 0.25) is 10.0 Å². The topological polar surface area (TPSA) is 85.3 Å². The van der Waals surface area contributed by atoms with Crippen LogP contribution in [0.25, 0.3) is 5.69 Å². The lowest BCUT2D eigenvalue weighted by atomic mass is 10.3. The van der Waals surface area contributed by atoms with Crippen molar-refractivity contribution >= 4 is 10.0 Å². The van der Waals surface area contributed by atoms with E-state index in [2.05, 4.69) is 0 Å². The summed E-state index contributed by atoms with van der Waals surface area (Å²) in [5, 5.41) is 14.1. The highest BCUT2D eigenvalue weighted by Gasteiger charge is 2.08. The zero-order valence-electron chi connectivity index (χ0n) is 8.95. The molecule has 0 bridgehead atoms. The monoisotopic (exact) mass is 252 g/mol. The molecule has 2 aromatic rings. The summed E-state index contributed by atoms with van der Waals surface area (Å²) in [6.45, 7) is -0.0794. The lowest BCUT2D eigenvalue weighted by Gasteiger charge is -2.07. The summed E-state index contributed by atoms with van der Waals surface area (Å²) in [6, 6.07) is 9.74. The number of primary sulfonamides is 1. The van der Waals surface area contributed by atoms with Gasteiger partial charge in [-0.3, -0.25) is 0 Å². The Labute approximate surface area is 99.2 Å².